The first-order valence-corrected chi connectivity index (χ1v) is 4.58. The van der Waals surface area contributed by atoms with Crippen LogP contribution >= 0.6 is 0 Å². The molecule has 1 aromatic heterocycles. The second kappa shape index (κ2) is 3.40. The van der Waals surface area contributed by atoms with Gasteiger partial charge in [-0.3, -0.25) is 14.8 Å². The predicted octanol–water partition coefficient (Wildman–Crippen LogP) is 2.11. The molecule has 0 aliphatic rings. The zero-order valence-electron chi connectivity index (χ0n) is 8.94. The van der Waals surface area contributed by atoms with Gasteiger partial charge >= 0.3 is 5.69 Å². The molecule has 0 saturated carbocycles. The van der Waals surface area contributed by atoms with Crippen LogP contribution in [0.4, 0.5) is 5.69 Å². The molecule has 0 atom stereocenters. The topological polar surface area (TPSA) is 61.0 Å². The molecule has 0 aliphatic heterocycles. The van der Waals surface area contributed by atoms with Crippen molar-refractivity contribution >= 4 is 5.69 Å². The Kier molecular flexibility index (Phi) is 2.59. The lowest BCUT2D eigenvalue weighted by Crippen LogP contribution is -2.14. The highest BCUT2D eigenvalue weighted by Crippen LogP contribution is 2.29. The van der Waals surface area contributed by atoms with E-state index in [1.165, 1.54) is 6.20 Å². The number of aryl methyl sites for hydroxylation is 1. The van der Waals surface area contributed by atoms with Crippen molar-refractivity contribution in [2.75, 3.05) is 0 Å². The highest BCUT2D eigenvalue weighted by molar-refractivity contribution is 5.37. The van der Waals surface area contributed by atoms with E-state index in [4.69, 9.17) is 0 Å². The molecule has 0 saturated heterocycles. The average Bonchev–Trinajstić information content (AvgIpc) is 2.46. The van der Waals surface area contributed by atoms with Gasteiger partial charge in [0.25, 0.3) is 0 Å². The number of nitrogens with zero attached hydrogens (tertiary/aromatic N) is 3. The minimum atomic E-state index is -0.375. The van der Waals surface area contributed by atoms with Gasteiger partial charge in [0, 0.05) is 12.0 Å². The molecule has 0 fully saturated rings. The first kappa shape index (κ1) is 10.7. The first-order valence-electron chi connectivity index (χ1n) is 4.58. The molecule has 0 bridgehead atoms. The van der Waals surface area contributed by atoms with Crippen molar-refractivity contribution in [3.8, 4) is 0 Å². The number of hydrogen-bond acceptors (Lipinski definition) is 3. The summed E-state index contributed by atoms with van der Waals surface area (Å²) >= 11 is 0. The Morgan fingerprint density at radius 3 is 2.43 bits per heavy atom. The van der Waals surface area contributed by atoms with Gasteiger partial charge in [-0.25, -0.2) is 0 Å². The Balaban J connectivity index is 3.26. The van der Waals surface area contributed by atoms with Crippen LogP contribution in [0.25, 0.3) is 0 Å². The van der Waals surface area contributed by atoms with Crippen molar-refractivity contribution in [2.45, 2.75) is 39.7 Å². The van der Waals surface area contributed by atoms with Gasteiger partial charge in [-0.2, -0.15) is 5.10 Å². The van der Waals surface area contributed by atoms with E-state index in [0.29, 0.717) is 12.2 Å². The Morgan fingerprint density at radius 2 is 2.14 bits per heavy atom. The highest BCUT2D eigenvalue weighted by atomic mass is 16.6. The minimum absolute atomic E-state index is 0.111. The monoisotopic (exact) mass is 197 g/mol. The summed E-state index contributed by atoms with van der Waals surface area (Å²) < 4.78 is 1.60. The number of nitro groups is 1. The summed E-state index contributed by atoms with van der Waals surface area (Å²) in [5, 5.41) is 14.9. The maximum atomic E-state index is 10.7. The van der Waals surface area contributed by atoms with E-state index >= 15 is 0 Å². The number of hydrogen-bond donors (Lipinski definition) is 0. The van der Waals surface area contributed by atoms with Gasteiger partial charge in [0.2, 0.25) is 0 Å². The summed E-state index contributed by atoms with van der Waals surface area (Å²) in [6.07, 6.45) is 1.49. The lowest BCUT2D eigenvalue weighted by atomic mass is 9.91. The molecule has 1 aromatic rings. The summed E-state index contributed by atoms with van der Waals surface area (Å²) in [5.74, 6) is 0. The predicted molar refractivity (Wildman–Crippen MR) is 53.3 cm³/mol. The molecule has 0 radical (unpaired) electrons. The normalized spacial score (nSPS) is 11.7. The van der Waals surface area contributed by atoms with Crippen LogP contribution in [0.1, 0.15) is 33.4 Å². The van der Waals surface area contributed by atoms with Crippen LogP contribution in [0.2, 0.25) is 0 Å². The second-order valence-corrected chi connectivity index (χ2v) is 4.23. The maximum Gasteiger partial charge on any atom is 0.310 e. The van der Waals surface area contributed by atoms with Crippen LogP contribution in [0, 0.1) is 10.1 Å². The third-order valence-corrected chi connectivity index (χ3v) is 1.97. The third kappa shape index (κ3) is 1.92. The fourth-order valence-electron chi connectivity index (χ4n) is 1.24. The van der Waals surface area contributed by atoms with E-state index in [-0.39, 0.29) is 16.0 Å². The maximum absolute atomic E-state index is 10.7. The van der Waals surface area contributed by atoms with Gasteiger partial charge in [0.1, 0.15) is 11.9 Å². The van der Waals surface area contributed by atoms with Gasteiger partial charge in [-0.15, -0.1) is 0 Å². The number of rotatable bonds is 2. The van der Waals surface area contributed by atoms with Crippen LogP contribution in [-0.2, 0) is 12.0 Å². The van der Waals surface area contributed by atoms with Gasteiger partial charge < -0.3 is 0 Å². The molecule has 0 unspecified atom stereocenters. The Hall–Kier alpha value is -1.39. The largest absolute Gasteiger partial charge is 0.310 e. The lowest BCUT2D eigenvalue weighted by molar-refractivity contribution is -0.386. The Morgan fingerprint density at radius 1 is 1.57 bits per heavy atom. The van der Waals surface area contributed by atoms with Crippen molar-refractivity contribution < 1.29 is 4.92 Å². The molecule has 0 aliphatic carbocycles. The average molecular weight is 197 g/mol. The fourth-order valence-corrected chi connectivity index (χ4v) is 1.24. The summed E-state index contributed by atoms with van der Waals surface area (Å²) in [4.78, 5) is 10.4. The van der Waals surface area contributed by atoms with Crippen LogP contribution in [0.5, 0.6) is 0 Å². The van der Waals surface area contributed by atoms with Gasteiger partial charge in [0.15, 0.2) is 0 Å². The Labute approximate surface area is 82.9 Å². The minimum Gasteiger partial charge on any atom is -0.266 e. The first-order chi connectivity index (χ1) is 6.36. The van der Waals surface area contributed by atoms with E-state index in [1.807, 2.05) is 27.7 Å². The molecule has 1 heterocycles. The molecule has 5 heteroatoms. The van der Waals surface area contributed by atoms with Gasteiger partial charge in [-0.05, 0) is 6.92 Å². The highest BCUT2D eigenvalue weighted by Gasteiger charge is 2.28. The standard InChI is InChI=1S/C9H15N3O2/c1-5-11-6-7(12(13)14)8(10-11)9(2,3)4/h6H,5H2,1-4H3. The van der Waals surface area contributed by atoms with Crippen molar-refractivity contribution in [2.24, 2.45) is 0 Å². The molecule has 5 nitrogen and oxygen atoms in total. The van der Waals surface area contributed by atoms with Crippen molar-refractivity contribution in [1.29, 1.82) is 0 Å². The lowest BCUT2D eigenvalue weighted by Gasteiger charge is -2.13. The zero-order valence-corrected chi connectivity index (χ0v) is 8.94. The Bertz CT molecular complexity index is 349. The molecule has 0 amide bonds. The van der Waals surface area contributed by atoms with E-state index < -0.39 is 0 Å². The van der Waals surface area contributed by atoms with Gasteiger partial charge in [0.05, 0.1) is 4.92 Å². The number of aromatic nitrogens is 2. The quantitative estimate of drug-likeness (QED) is 0.538. The van der Waals surface area contributed by atoms with Crippen molar-refractivity contribution in [3.63, 3.8) is 0 Å². The smallest absolute Gasteiger partial charge is 0.266 e. The molecule has 0 aromatic carbocycles. The van der Waals surface area contributed by atoms with E-state index in [9.17, 15) is 10.1 Å². The summed E-state index contributed by atoms with van der Waals surface area (Å²) in [6.45, 7) is 8.31. The van der Waals surface area contributed by atoms with Crippen LogP contribution < -0.4 is 0 Å². The molecule has 0 N–H and O–H groups in total. The van der Waals surface area contributed by atoms with E-state index in [2.05, 4.69) is 5.10 Å². The molecular weight excluding hydrogens is 182 g/mol. The molecule has 1 rings (SSSR count). The molecule has 78 valence electrons. The zero-order chi connectivity index (χ0) is 10.9. The van der Waals surface area contributed by atoms with Crippen LogP contribution in [0.15, 0.2) is 6.20 Å². The second-order valence-electron chi connectivity index (χ2n) is 4.23. The third-order valence-electron chi connectivity index (χ3n) is 1.97. The fraction of sp³-hybridized carbons (Fsp3) is 0.667. The molecule has 14 heavy (non-hydrogen) atoms. The summed E-state index contributed by atoms with van der Waals surface area (Å²) in [5.41, 5.74) is 0.367. The van der Waals surface area contributed by atoms with E-state index in [1.54, 1.807) is 4.68 Å². The SMILES string of the molecule is CCn1cc([N+](=O)[O-])c(C(C)(C)C)n1. The van der Waals surface area contributed by atoms with Gasteiger partial charge in [-0.1, -0.05) is 20.8 Å². The van der Waals surface area contributed by atoms with E-state index in [0.717, 1.165) is 0 Å². The van der Waals surface area contributed by atoms with Crippen LogP contribution in [0.3, 0.4) is 0 Å². The van der Waals surface area contributed by atoms with Crippen molar-refractivity contribution in [1.82, 2.24) is 9.78 Å². The summed E-state index contributed by atoms with van der Waals surface area (Å²) in [6, 6.07) is 0. The van der Waals surface area contributed by atoms with Crippen molar-refractivity contribution in [3.05, 3.63) is 22.0 Å². The van der Waals surface area contributed by atoms with Crippen LogP contribution in [-0.4, -0.2) is 14.7 Å². The summed E-state index contributed by atoms with van der Waals surface area (Å²) in [7, 11) is 0. The molecule has 0 spiro atoms. The molecular formula is C9H15N3O2.